The predicted octanol–water partition coefficient (Wildman–Crippen LogP) is 4.37. The van der Waals surface area contributed by atoms with Gasteiger partial charge in [0.1, 0.15) is 11.4 Å². The highest BCUT2D eigenvalue weighted by Gasteiger charge is 2.15. The van der Waals surface area contributed by atoms with Crippen molar-refractivity contribution < 1.29 is 0 Å². The summed E-state index contributed by atoms with van der Waals surface area (Å²) in [6.07, 6.45) is 6.99. The third-order valence-electron chi connectivity index (χ3n) is 6.79. The van der Waals surface area contributed by atoms with E-state index in [1.165, 1.54) is 16.7 Å². The lowest BCUT2D eigenvalue weighted by atomic mass is 10.0. The van der Waals surface area contributed by atoms with Crippen LogP contribution in [-0.4, -0.2) is 41.5 Å². The van der Waals surface area contributed by atoms with Gasteiger partial charge >= 0.3 is 0 Å². The molecule has 6 aromatic rings. The Morgan fingerprint density at radius 2 is 1.83 bits per heavy atom. The number of H-pyrrole nitrogens is 1. The number of hydrogen-bond acceptors (Lipinski definition) is 5. The highest BCUT2D eigenvalue weighted by molar-refractivity contribution is 5.94. The van der Waals surface area contributed by atoms with Crippen molar-refractivity contribution >= 4 is 10.9 Å². The molecule has 8 nitrogen and oxygen atoms in total. The highest BCUT2D eigenvalue weighted by Crippen LogP contribution is 2.30. The summed E-state index contributed by atoms with van der Waals surface area (Å²) in [5, 5.41) is 25.6. The van der Waals surface area contributed by atoms with Gasteiger partial charge in [-0.3, -0.25) is 9.78 Å². The van der Waals surface area contributed by atoms with Crippen molar-refractivity contribution in [3.63, 3.8) is 0 Å². The maximum absolute atomic E-state index is 4.57. The minimum atomic E-state index is 0.731. The summed E-state index contributed by atoms with van der Waals surface area (Å²) in [5.74, 6) is 0. The van der Waals surface area contributed by atoms with Crippen LogP contribution in [0, 0.1) is 0 Å². The van der Waals surface area contributed by atoms with Crippen molar-refractivity contribution in [2.75, 3.05) is 6.54 Å². The van der Waals surface area contributed by atoms with Gasteiger partial charge < -0.3 is 5.32 Å². The van der Waals surface area contributed by atoms with Gasteiger partial charge in [0, 0.05) is 23.7 Å². The largest absolute Gasteiger partial charge is 0.312 e. The summed E-state index contributed by atoms with van der Waals surface area (Å²) in [7, 11) is 0. The van der Waals surface area contributed by atoms with Crippen LogP contribution >= 0.6 is 0 Å². The van der Waals surface area contributed by atoms with Crippen molar-refractivity contribution in [3.05, 3.63) is 102 Å². The Kier molecular flexibility index (Phi) is 4.96. The first-order valence-electron chi connectivity index (χ1n) is 12.1. The van der Waals surface area contributed by atoms with E-state index in [-0.39, 0.29) is 0 Å². The lowest BCUT2D eigenvalue weighted by Gasteiger charge is -2.17. The first-order valence-corrected chi connectivity index (χ1v) is 12.1. The van der Waals surface area contributed by atoms with Gasteiger partial charge in [-0.1, -0.05) is 47.7 Å². The molecule has 8 heteroatoms. The molecule has 0 atom stereocenters. The van der Waals surface area contributed by atoms with Gasteiger partial charge in [0.25, 0.3) is 0 Å². The number of aromatic nitrogens is 7. The second-order valence-electron chi connectivity index (χ2n) is 9.17. The molecule has 36 heavy (non-hydrogen) atoms. The third kappa shape index (κ3) is 3.77. The number of benzene rings is 3. The first-order chi connectivity index (χ1) is 17.8. The van der Waals surface area contributed by atoms with Gasteiger partial charge in [-0.05, 0) is 59.5 Å². The van der Waals surface area contributed by atoms with Gasteiger partial charge in [-0.2, -0.15) is 10.2 Å². The van der Waals surface area contributed by atoms with E-state index in [4.69, 9.17) is 0 Å². The zero-order chi connectivity index (χ0) is 23.9. The molecule has 0 unspecified atom stereocenters. The lowest BCUT2D eigenvalue weighted by Crippen LogP contribution is -2.23. The third-order valence-corrected chi connectivity index (χ3v) is 6.79. The molecule has 1 aliphatic heterocycles. The van der Waals surface area contributed by atoms with E-state index in [0.717, 1.165) is 65.2 Å². The van der Waals surface area contributed by atoms with Crippen LogP contribution < -0.4 is 5.32 Å². The molecule has 0 amide bonds. The van der Waals surface area contributed by atoms with Gasteiger partial charge in [-0.25, -0.2) is 4.68 Å². The Balaban J connectivity index is 1.19. The molecule has 0 aliphatic carbocycles. The average molecular weight is 473 g/mol. The Bertz CT molecular complexity index is 1670. The minimum absolute atomic E-state index is 0.731. The maximum atomic E-state index is 4.57. The monoisotopic (exact) mass is 472 g/mol. The summed E-state index contributed by atoms with van der Waals surface area (Å²) >= 11 is 0. The van der Waals surface area contributed by atoms with Crippen molar-refractivity contribution in [2.24, 2.45) is 0 Å². The van der Waals surface area contributed by atoms with Crippen LogP contribution in [0.2, 0.25) is 0 Å². The smallest absolute Gasteiger partial charge is 0.134 e. The Morgan fingerprint density at radius 3 is 2.78 bits per heavy atom. The fraction of sp³-hybridized carbons (Fsp3) is 0.143. The van der Waals surface area contributed by atoms with Gasteiger partial charge in [0.05, 0.1) is 30.1 Å². The van der Waals surface area contributed by atoms with Crippen molar-refractivity contribution in [3.8, 4) is 28.2 Å². The van der Waals surface area contributed by atoms with E-state index in [1.807, 2.05) is 40.0 Å². The zero-order valence-corrected chi connectivity index (χ0v) is 19.6. The van der Waals surface area contributed by atoms with E-state index in [9.17, 15) is 0 Å². The van der Waals surface area contributed by atoms with E-state index < -0.39 is 0 Å². The number of hydrogen-bond donors (Lipinski definition) is 2. The van der Waals surface area contributed by atoms with Crippen LogP contribution in [0.5, 0.6) is 0 Å². The van der Waals surface area contributed by atoms with E-state index in [2.05, 4.69) is 85.7 Å². The Labute approximate surface area is 207 Å². The van der Waals surface area contributed by atoms with E-state index >= 15 is 0 Å². The van der Waals surface area contributed by atoms with Gasteiger partial charge in [0.2, 0.25) is 0 Å². The minimum Gasteiger partial charge on any atom is -0.312 e. The maximum Gasteiger partial charge on any atom is 0.134 e. The fourth-order valence-electron chi connectivity index (χ4n) is 4.87. The molecule has 7 rings (SSSR count). The Hall–Kier alpha value is -4.56. The second-order valence-corrected chi connectivity index (χ2v) is 9.17. The van der Waals surface area contributed by atoms with Gasteiger partial charge in [-0.15, -0.1) is 5.10 Å². The molecule has 0 spiro atoms. The number of nitrogens with zero attached hydrogens (tertiary/aromatic N) is 6. The fourth-order valence-corrected chi connectivity index (χ4v) is 4.87. The highest BCUT2D eigenvalue weighted by atomic mass is 15.4. The molecule has 0 saturated carbocycles. The normalized spacial score (nSPS) is 13.2. The summed E-state index contributed by atoms with van der Waals surface area (Å²) < 4.78 is 3.78. The summed E-state index contributed by atoms with van der Waals surface area (Å²) in [4.78, 5) is 0. The van der Waals surface area contributed by atoms with Crippen molar-refractivity contribution in [1.82, 2.24) is 40.3 Å². The SMILES string of the molecule is c1ccc(Cn2cc(-c3ccc4[nH]nc(-c5cn(-c6ccc7c(c6)CNCC7)nn5)c4c3)cn2)cc1. The molecule has 0 saturated heterocycles. The number of rotatable bonds is 5. The molecule has 0 radical (unpaired) electrons. The molecule has 2 N–H and O–H groups in total. The van der Waals surface area contributed by atoms with Crippen molar-refractivity contribution in [1.29, 1.82) is 0 Å². The molecular weight excluding hydrogens is 448 g/mol. The van der Waals surface area contributed by atoms with Crippen LogP contribution in [-0.2, 0) is 19.5 Å². The van der Waals surface area contributed by atoms with Crippen LogP contribution in [0.4, 0.5) is 0 Å². The molecular formula is C28H24N8. The molecule has 0 bridgehead atoms. The molecule has 0 fully saturated rings. The standard InChI is InChI=1S/C28H24N8/c1-2-4-19(5-3-1)16-35-17-23(15-30-35)21-7-9-26-25(13-21)28(33-31-26)27-18-36(34-32-27)24-8-6-20-10-11-29-14-22(20)12-24/h1-9,12-13,15,17-18,29H,10-11,14,16H2,(H,31,33). The summed E-state index contributed by atoms with van der Waals surface area (Å²) in [6.45, 7) is 2.66. The average Bonchev–Trinajstić information content (AvgIpc) is 3.68. The van der Waals surface area contributed by atoms with E-state index in [1.54, 1.807) is 0 Å². The molecule has 3 aromatic heterocycles. The quantitative estimate of drug-likeness (QED) is 0.389. The molecule has 176 valence electrons. The molecule has 1 aliphatic rings. The van der Waals surface area contributed by atoms with E-state index in [0.29, 0.717) is 0 Å². The second kappa shape index (κ2) is 8.58. The van der Waals surface area contributed by atoms with Crippen LogP contribution in [0.3, 0.4) is 0 Å². The van der Waals surface area contributed by atoms with Crippen molar-refractivity contribution in [2.45, 2.75) is 19.5 Å². The molecule has 4 heterocycles. The topological polar surface area (TPSA) is 89.2 Å². The first kappa shape index (κ1) is 20.8. The lowest BCUT2D eigenvalue weighted by molar-refractivity contribution is 0.642. The zero-order valence-electron chi connectivity index (χ0n) is 19.6. The number of nitrogens with one attached hydrogen (secondary N) is 2. The molecule has 3 aromatic carbocycles. The number of aromatic amines is 1. The summed E-state index contributed by atoms with van der Waals surface area (Å²) in [6, 6.07) is 23.1. The Morgan fingerprint density at radius 1 is 0.889 bits per heavy atom. The number of fused-ring (bicyclic) bond motifs is 2. The predicted molar refractivity (Wildman–Crippen MR) is 139 cm³/mol. The van der Waals surface area contributed by atoms with Crippen LogP contribution in [0.25, 0.3) is 39.1 Å². The van der Waals surface area contributed by atoms with Crippen LogP contribution in [0.15, 0.2) is 85.3 Å². The van der Waals surface area contributed by atoms with Crippen LogP contribution in [0.1, 0.15) is 16.7 Å². The van der Waals surface area contributed by atoms with Gasteiger partial charge in [0.15, 0.2) is 0 Å². The summed E-state index contributed by atoms with van der Waals surface area (Å²) in [5.41, 5.74) is 9.56.